The normalized spacial score (nSPS) is 11.7. The number of carbonyl (C=O) groups excluding carboxylic acids is 2. The van der Waals surface area contributed by atoms with E-state index in [0.29, 0.717) is 11.5 Å². The summed E-state index contributed by atoms with van der Waals surface area (Å²) < 4.78 is 23.5. The summed E-state index contributed by atoms with van der Waals surface area (Å²) in [6, 6.07) is 10.9. The van der Waals surface area contributed by atoms with Crippen molar-refractivity contribution in [3.05, 3.63) is 65.5 Å². The van der Waals surface area contributed by atoms with Gasteiger partial charge in [0.05, 0.1) is 7.11 Å². The highest BCUT2D eigenvalue weighted by atomic mass is 19.1. The Bertz CT molecular complexity index is 834. The molecule has 0 unspecified atom stereocenters. The van der Waals surface area contributed by atoms with Gasteiger partial charge in [-0.3, -0.25) is 20.4 Å². The fourth-order valence-electron chi connectivity index (χ4n) is 2.19. The van der Waals surface area contributed by atoms with Crippen molar-refractivity contribution in [3.63, 3.8) is 0 Å². The van der Waals surface area contributed by atoms with E-state index in [0.717, 1.165) is 11.1 Å². The SMILES string of the molecule is COc1ccc(C)cc1/C=C/C(=O)NNC(=O)[C@H](C)Oc1ccc(F)cc1. The van der Waals surface area contributed by atoms with Gasteiger partial charge in [0.25, 0.3) is 11.8 Å². The van der Waals surface area contributed by atoms with Crippen LogP contribution in [-0.2, 0) is 9.59 Å². The van der Waals surface area contributed by atoms with Crippen LogP contribution in [0, 0.1) is 12.7 Å². The molecule has 2 aromatic rings. The minimum atomic E-state index is -0.878. The van der Waals surface area contributed by atoms with Crippen LogP contribution in [0.1, 0.15) is 18.1 Å². The Morgan fingerprint density at radius 1 is 1.11 bits per heavy atom. The quantitative estimate of drug-likeness (QED) is 0.604. The molecule has 0 saturated carbocycles. The second kappa shape index (κ2) is 9.38. The summed E-state index contributed by atoms with van der Waals surface area (Å²) >= 11 is 0. The monoisotopic (exact) mass is 372 g/mol. The summed E-state index contributed by atoms with van der Waals surface area (Å²) in [5.41, 5.74) is 6.31. The molecule has 0 aliphatic rings. The standard InChI is InChI=1S/C20H21FN2O4/c1-13-4-10-18(26-3)15(12-13)5-11-19(24)22-23-20(25)14(2)27-17-8-6-16(21)7-9-17/h4-12,14H,1-3H3,(H,22,24)(H,23,25)/b11-5+/t14-/m0/s1. The van der Waals surface area contributed by atoms with Crippen LogP contribution in [0.2, 0.25) is 0 Å². The Hall–Kier alpha value is -3.35. The first kappa shape index (κ1) is 20.0. The number of halogens is 1. The molecule has 6 nitrogen and oxygen atoms in total. The number of ether oxygens (including phenoxy) is 2. The first-order chi connectivity index (χ1) is 12.9. The smallest absolute Gasteiger partial charge is 0.279 e. The zero-order chi connectivity index (χ0) is 19.8. The van der Waals surface area contributed by atoms with Gasteiger partial charge in [-0.25, -0.2) is 4.39 Å². The van der Waals surface area contributed by atoms with Gasteiger partial charge in [-0.15, -0.1) is 0 Å². The van der Waals surface area contributed by atoms with Crippen LogP contribution in [0.5, 0.6) is 11.5 Å². The lowest BCUT2D eigenvalue weighted by Crippen LogP contribution is -2.46. The van der Waals surface area contributed by atoms with E-state index in [4.69, 9.17) is 9.47 Å². The van der Waals surface area contributed by atoms with Crippen LogP contribution in [0.3, 0.4) is 0 Å². The lowest BCUT2D eigenvalue weighted by Gasteiger charge is -2.14. The first-order valence-corrected chi connectivity index (χ1v) is 8.24. The van der Waals surface area contributed by atoms with Gasteiger partial charge in [0, 0.05) is 11.6 Å². The maximum atomic E-state index is 12.9. The van der Waals surface area contributed by atoms with Crippen LogP contribution in [0.15, 0.2) is 48.5 Å². The van der Waals surface area contributed by atoms with Gasteiger partial charge in [0.1, 0.15) is 17.3 Å². The summed E-state index contributed by atoms with van der Waals surface area (Å²) in [6.45, 7) is 3.44. The third kappa shape index (κ3) is 6.14. The van der Waals surface area contributed by atoms with Crippen LogP contribution >= 0.6 is 0 Å². The molecule has 2 aromatic carbocycles. The van der Waals surface area contributed by atoms with Gasteiger partial charge >= 0.3 is 0 Å². The largest absolute Gasteiger partial charge is 0.496 e. The lowest BCUT2D eigenvalue weighted by atomic mass is 10.1. The fourth-order valence-corrected chi connectivity index (χ4v) is 2.19. The lowest BCUT2D eigenvalue weighted by molar-refractivity contribution is -0.131. The number of amides is 2. The average Bonchev–Trinajstić information content (AvgIpc) is 2.66. The van der Waals surface area contributed by atoms with Crippen molar-refractivity contribution in [2.45, 2.75) is 20.0 Å². The molecule has 2 rings (SSSR count). The minimum Gasteiger partial charge on any atom is -0.496 e. The van der Waals surface area contributed by atoms with E-state index < -0.39 is 23.7 Å². The third-order valence-electron chi connectivity index (χ3n) is 3.60. The first-order valence-electron chi connectivity index (χ1n) is 8.24. The van der Waals surface area contributed by atoms with Crippen LogP contribution in [0.4, 0.5) is 4.39 Å². The molecule has 2 N–H and O–H groups in total. The number of nitrogens with one attached hydrogen (secondary N) is 2. The second-order valence-corrected chi connectivity index (χ2v) is 5.77. The maximum Gasteiger partial charge on any atom is 0.279 e. The van der Waals surface area contributed by atoms with Gasteiger partial charge in [0.2, 0.25) is 0 Å². The van der Waals surface area contributed by atoms with Crippen molar-refractivity contribution in [1.29, 1.82) is 0 Å². The number of methoxy groups -OCH3 is 1. The average molecular weight is 372 g/mol. The summed E-state index contributed by atoms with van der Waals surface area (Å²) in [7, 11) is 1.55. The van der Waals surface area contributed by atoms with Crippen LogP contribution in [0.25, 0.3) is 6.08 Å². The third-order valence-corrected chi connectivity index (χ3v) is 3.60. The van der Waals surface area contributed by atoms with Crippen molar-refractivity contribution in [3.8, 4) is 11.5 Å². The molecule has 0 aromatic heterocycles. The molecule has 0 spiro atoms. The number of carbonyl (C=O) groups is 2. The van der Waals surface area contributed by atoms with E-state index in [1.165, 1.54) is 37.3 Å². The molecule has 0 aliphatic heterocycles. The highest BCUT2D eigenvalue weighted by molar-refractivity contribution is 5.93. The highest BCUT2D eigenvalue weighted by Gasteiger charge is 2.15. The molecule has 0 bridgehead atoms. The predicted molar refractivity (Wildman–Crippen MR) is 99.5 cm³/mol. The molecule has 0 radical (unpaired) electrons. The number of hydrogen-bond acceptors (Lipinski definition) is 4. The van der Waals surface area contributed by atoms with Crippen molar-refractivity contribution in [1.82, 2.24) is 10.9 Å². The molecule has 142 valence electrons. The van der Waals surface area contributed by atoms with E-state index in [-0.39, 0.29) is 0 Å². The summed E-state index contributed by atoms with van der Waals surface area (Å²) in [6.07, 6.45) is 1.99. The highest BCUT2D eigenvalue weighted by Crippen LogP contribution is 2.20. The minimum absolute atomic E-state index is 0.344. The molecule has 27 heavy (non-hydrogen) atoms. The van der Waals surface area contributed by atoms with Gasteiger partial charge in [0.15, 0.2) is 6.10 Å². The second-order valence-electron chi connectivity index (χ2n) is 5.77. The van der Waals surface area contributed by atoms with Gasteiger partial charge in [-0.2, -0.15) is 0 Å². The molecule has 0 aliphatic carbocycles. The number of rotatable bonds is 6. The van der Waals surface area contributed by atoms with Crippen molar-refractivity contribution in [2.75, 3.05) is 7.11 Å². The Kier molecular flexibility index (Phi) is 6.93. The van der Waals surface area contributed by atoms with E-state index in [1.807, 2.05) is 25.1 Å². The maximum absolute atomic E-state index is 12.9. The Balaban J connectivity index is 1.86. The van der Waals surface area contributed by atoms with Crippen LogP contribution < -0.4 is 20.3 Å². The number of hydrazine groups is 1. The molecule has 0 fully saturated rings. The zero-order valence-electron chi connectivity index (χ0n) is 15.3. The van der Waals surface area contributed by atoms with Gasteiger partial charge in [-0.1, -0.05) is 11.6 Å². The predicted octanol–water partition coefficient (Wildman–Crippen LogP) is 2.77. The van der Waals surface area contributed by atoms with Crippen molar-refractivity contribution in [2.24, 2.45) is 0 Å². The van der Waals surface area contributed by atoms with Gasteiger partial charge in [-0.05, 0) is 56.3 Å². The zero-order valence-corrected chi connectivity index (χ0v) is 15.3. The van der Waals surface area contributed by atoms with E-state index >= 15 is 0 Å². The van der Waals surface area contributed by atoms with Crippen molar-refractivity contribution >= 4 is 17.9 Å². The summed E-state index contributed by atoms with van der Waals surface area (Å²) in [5, 5.41) is 0. The van der Waals surface area contributed by atoms with E-state index in [1.54, 1.807) is 13.2 Å². The number of benzene rings is 2. The van der Waals surface area contributed by atoms with E-state index in [2.05, 4.69) is 10.9 Å². The molecular weight excluding hydrogens is 351 g/mol. The molecule has 1 atom stereocenters. The Morgan fingerprint density at radius 2 is 1.81 bits per heavy atom. The molecule has 7 heteroatoms. The number of hydrogen-bond donors (Lipinski definition) is 2. The summed E-state index contributed by atoms with van der Waals surface area (Å²) in [4.78, 5) is 23.9. The van der Waals surface area contributed by atoms with Gasteiger partial charge < -0.3 is 9.47 Å². The molecular formula is C20H21FN2O4. The molecule has 0 heterocycles. The Morgan fingerprint density at radius 3 is 2.48 bits per heavy atom. The number of aryl methyl sites for hydroxylation is 1. The summed E-state index contributed by atoms with van der Waals surface area (Å²) in [5.74, 6) is -0.481. The van der Waals surface area contributed by atoms with Crippen molar-refractivity contribution < 1.29 is 23.5 Å². The van der Waals surface area contributed by atoms with Crippen LogP contribution in [-0.4, -0.2) is 25.0 Å². The van der Waals surface area contributed by atoms with E-state index in [9.17, 15) is 14.0 Å². The fraction of sp³-hybridized carbons (Fsp3) is 0.200. The Labute approximate surface area is 157 Å². The molecule has 0 saturated heterocycles. The molecule has 2 amide bonds. The topological polar surface area (TPSA) is 76.7 Å².